The van der Waals surface area contributed by atoms with E-state index in [4.69, 9.17) is 23.2 Å². The van der Waals surface area contributed by atoms with Crippen LogP contribution in [-0.2, 0) is 12.2 Å². The number of thiophene rings is 1. The summed E-state index contributed by atoms with van der Waals surface area (Å²) >= 11 is 15.3. The van der Waals surface area contributed by atoms with Gasteiger partial charge in [0, 0.05) is 33.0 Å². The van der Waals surface area contributed by atoms with Gasteiger partial charge in [-0.3, -0.25) is 9.89 Å². The third-order valence-electron chi connectivity index (χ3n) is 4.22. The topological polar surface area (TPSA) is 70.7 Å². The molecule has 2 N–H and O–H groups in total. The standard InChI is InChI=1S/C20H16Cl2N4OS2/c1-2-16-24-20(26-25-16)28-10-11-3-6-13(7-4-11)23-19(27)18-17(22)14-8-5-12(21)9-15(14)29-18/h3-9H,2,10H2,1H3,(H,23,27)(H,24,25,26). The molecule has 5 nitrogen and oxygen atoms in total. The Morgan fingerprint density at radius 1 is 1.21 bits per heavy atom. The van der Waals surface area contributed by atoms with Crippen LogP contribution in [0.25, 0.3) is 10.1 Å². The number of nitrogens with one attached hydrogen (secondary N) is 2. The molecule has 0 radical (unpaired) electrons. The molecule has 0 bridgehead atoms. The molecule has 0 spiro atoms. The number of thioether (sulfide) groups is 1. The molecule has 4 aromatic rings. The molecule has 2 heterocycles. The predicted octanol–water partition coefficient (Wildman–Crippen LogP) is 6.43. The highest BCUT2D eigenvalue weighted by Gasteiger charge is 2.17. The zero-order valence-corrected chi connectivity index (χ0v) is 18.5. The minimum Gasteiger partial charge on any atom is -0.321 e. The maximum atomic E-state index is 12.7. The summed E-state index contributed by atoms with van der Waals surface area (Å²) in [5.74, 6) is 1.40. The van der Waals surface area contributed by atoms with Gasteiger partial charge in [0.1, 0.15) is 10.7 Å². The second-order valence-electron chi connectivity index (χ2n) is 6.24. The third kappa shape index (κ3) is 4.59. The highest BCUT2D eigenvalue weighted by atomic mass is 35.5. The summed E-state index contributed by atoms with van der Waals surface area (Å²) in [5.41, 5.74) is 1.83. The van der Waals surface area contributed by atoms with Gasteiger partial charge in [-0.25, -0.2) is 4.98 Å². The second-order valence-corrected chi connectivity index (χ2v) is 9.05. The van der Waals surface area contributed by atoms with Crippen molar-refractivity contribution in [3.05, 3.63) is 68.8 Å². The molecule has 0 unspecified atom stereocenters. The van der Waals surface area contributed by atoms with Gasteiger partial charge in [-0.1, -0.05) is 60.1 Å². The number of carbonyl (C=O) groups excluding carboxylic acids is 1. The van der Waals surface area contributed by atoms with Crippen molar-refractivity contribution in [2.45, 2.75) is 24.3 Å². The number of rotatable bonds is 6. The predicted molar refractivity (Wildman–Crippen MR) is 122 cm³/mol. The van der Waals surface area contributed by atoms with Crippen LogP contribution >= 0.6 is 46.3 Å². The van der Waals surface area contributed by atoms with Gasteiger partial charge in [0.15, 0.2) is 0 Å². The molecular formula is C20H16Cl2N4OS2. The first kappa shape index (κ1) is 20.2. The number of aromatic nitrogens is 3. The number of benzene rings is 2. The van der Waals surface area contributed by atoms with Gasteiger partial charge in [-0.05, 0) is 29.8 Å². The van der Waals surface area contributed by atoms with E-state index in [0.717, 1.165) is 38.8 Å². The number of hydrogen-bond donors (Lipinski definition) is 2. The minimum absolute atomic E-state index is 0.234. The summed E-state index contributed by atoms with van der Waals surface area (Å²) in [4.78, 5) is 17.5. The van der Waals surface area contributed by atoms with E-state index < -0.39 is 0 Å². The zero-order chi connectivity index (χ0) is 20.4. The molecule has 2 aromatic carbocycles. The highest BCUT2D eigenvalue weighted by molar-refractivity contribution is 7.98. The number of hydrogen-bond acceptors (Lipinski definition) is 5. The number of anilines is 1. The lowest BCUT2D eigenvalue weighted by Crippen LogP contribution is -2.10. The lowest BCUT2D eigenvalue weighted by Gasteiger charge is -2.05. The number of aryl methyl sites for hydroxylation is 1. The van der Waals surface area contributed by atoms with Gasteiger partial charge in [0.05, 0.1) is 5.02 Å². The summed E-state index contributed by atoms with van der Waals surface area (Å²) in [6, 6.07) is 13.1. The van der Waals surface area contributed by atoms with Crippen molar-refractivity contribution in [3.8, 4) is 0 Å². The first-order chi connectivity index (χ1) is 14.0. The van der Waals surface area contributed by atoms with Crippen molar-refractivity contribution in [3.63, 3.8) is 0 Å². The van der Waals surface area contributed by atoms with Gasteiger partial charge in [-0.2, -0.15) is 0 Å². The average molecular weight is 463 g/mol. The smallest absolute Gasteiger partial charge is 0.267 e. The van der Waals surface area contributed by atoms with Crippen LogP contribution in [0.3, 0.4) is 0 Å². The first-order valence-corrected chi connectivity index (χ1v) is 11.4. The van der Waals surface area contributed by atoms with Crippen LogP contribution in [0.2, 0.25) is 10.0 Å². The van der Waals surface area contributed by atoms with Crippen molar-refractivity contribution in [2.75, 3.05) is 5.32 Å². The van der Waals surface area contributed by atoms with Crippen LogP contribution in [0.5, 0.6) is 0 Å². The van der Waals surface area contributed by atoms with E-state index >= 15 is 0 Å². The van der Waals surface area contributed by atoms with Crippen molar-refractivity contribution in [2.24, 2.45) is 0 Å². The van der Waals surface area contributed by atoms with Crippen molar-refractivity contribution < 1.29 is 4.79 Å². The average Bonchev–Trinajstić information content (AvgIpc) is 3.31. The fourth-order valence-corrected chi connectivity index (χ4v) is 5.17. The van der Waals surface area contributed by atoms with Crippen LogP contribution in [0, 0.1) is 0 Å². The summed E-state index contributed by atoms with van der Waals surface area (Å²) in [7, 11) is 0. The zero-order valence-electron chi connectivity index (χ0n) is 15.3. The highest BCUT2D eigenvalue weighted by Crippen LogP contribution is 2.37. The molecule has 0 atom stereocenters. The molecule has 4 rings (SSSR count). The lowest BCUT2D eigenvalue weighted by molar-refractivity contribution is 0.103. The molecule has 0 saturated carbocycles. The van der Waals surface area contributed by atoms with Crippen LogP contribution < -0.4 is 5.32 Å². The summed E-state index contributed by atoms with van der Waals surface area (Å²) in [6.07, 6.45) is 0.832. The van der Waals surface area contributed by atoms with E-state index in [9.17, 15) is 4.79 Å². The van der Waals surface area contributed by atoms with E-state index in [0.29, 0.717) is 20.6 Å². The van der Waals surface area contributed by atoms with E-state index in [2.05, 4.69) is 20.5 Å². The van der Waals surface area contributed by atoms with Crippen LogP contribution in [0.4, 0.5) is 5.69 Å². The molecule has 0 aliphatic rings. The molecule has 29 heavy (non-hydrogen) atoms. The van der Waals surface area contributed by atoms with Crippen molar-refractivity contribution >= 4 is 68.0 Å². The number of fused-ring (bicyclic) bond motifs is 1. The van der Waals surface area contributed by atoms with Crippen LogP contribution in [0.15, 0.2) is 47.6 Å². The summed E-state index contributed by atoms with van der Waals surface area (Å²) in [6.45, 7) is 2.03. The Balaban J connectivity index is 1.42. The maximum absolute atomic E-state index is 12.7. The van der Waals surface area contributed by atoms with Crippen molar-refractivity contribution in [1.29, 1.82) is 0 Å². The molecule has 0 aliphatic heterocycles. The van der Waals surface area contributed by atoms with Crippen molar-refractivity contribution in [1.82, 2.24) is 15.2 Å². The number of halogens is 2. The number of aromatic amines is 1. The SMILES string of the molecule is CCc1nc(SCc2ccc(NC(=O)c3sc4cc(Cl)ccc4c3Cl)cc2)n[nH]1. The number of nitrogens with zero attached hydrogens (tertiary/aromatic N) is 2. The quantitative estimate of drug-likeness (QED) is 0.323. The van der Waals surface area contributed by atoms with E-state index in [-0.39, 0.29) is 5.91 Å². The molecule has 0 fully saturated rings. The number of H-pyrrole nitrogens is 1. The van der Waals surface area contributed by atoms with Gasteiger partial charge < -0.3 is 5.32 Å². The monoisotopic (exact) mass is 462 g/mol. The Hall–Kier alpha value is -2.06. The largest absolute Gasteiger partial charge is 0.321 e. The molecule has 148 valence electrons. The first-order valence-electron chi connectivity index (χ1n) is 8.85. The maximum Gasteiger partial charge on any atom is 0.267 e. The molecule has 2 aromatic heterocycles. The number of carbonyl (C=O) groups is 1. The Morgan fingerprint density at radius 2 is 2.00 bits per heavy atom. The molecule has 9 heteroatoms. The molecule has 1 amide bonds. The van der Waals surface area contributed by atoms with Crippen LogP contribution in [0.1, 0.15) is 28.0 Å². The third-order valence-corrected chi connectivity index (χ3v) is 7.03. The Kier molecular flexibility index (Phi) is 6.10. The van der Waals surface area contributed by atoms with Gasteiger partial charge in [-0.15, -0.1) is 16.4 Å². The van der Waals surface area contributed by atoms with E-state index in [1.807, 2.05) is 43.3 Å². The Labute approximate surface area is 185 Å². The molecule has 0 aliphatic carbocycles. The summed E-state index contributed by atoms with van der Waals surface area (Å²) < 4.78 is 0.887. The minimum atomic E-state index is -0.234. The fraction of sp³-hybridized carbons (Fsp3) is 0.150. The van der Waals surface area contributed by atoms with E-state index in [1.54, 1.807) is 17.8 Å². The normalized spacial score (nSPS) is 11.1. The van der Waals surface area contributed by atoms with E-state index in [1.165, 1.54) is 11.3 Å². The molecule has 0 saturated heterocycles. The van der Waals surface area contributed by atoms with Gasteiger partial charge >= 0.3 is 0 Å². The Morgan fingerprint density at radius 3 is 2.72 bits per heavy atom. The molecular weight excluding hydrogens is 447 g/mol. The van der Waals surface area contributed by atoms with Gasteiger partial charge in [0.2, 0.25) is 5.16 Å². The Bertz CT molecular complexity index is 1170. The lowest BCUT2D eigenvalue weighted by atomic mass is 10.2. The number of amides is 1. The second kappa shape index (κ2) is 8.75. The fourth-order valence-electron chi connectivity index (χ4n) is 2.71. The van der Waals surface area contributed by atoms with Crippen LogP contribution in [-0.4, -0.2) is 21.1 Å². The summed E-state index contributed by atoms with van der Waals surface area (Å²) in [5, 5.41) is 12.6. The van der Waals surface area contributed by atoms with Gasteiger partial charge in [0.25, 0.3) is 5.91 Å².